The van der Waals surface area contributed by atoms with Gasteiger partial charge < -0.3 is 15.3 Å². The molecule has 0 aliphatic heterocycles. The van der Waals surface area contributed by atoms with Gasteiger partial charge >= 0.3 is 0 Å². The van der Waals surface area contributed by atoms with Crippen LogP contribution in [0.5, 0.6) is 11.5 Å². The van der Waals surface area contributed by atoms with E-state index in [2.05, 4.69) is 11.6 Å². The molecule has 7 heteroatoms. The maximum atomic E-state index is 12.6. The number of aromatic nitrogens is 2. The van der Waals surface area contributed by atoms with Gasteiger partial charge in [0.1, 0.15) is 0 Å². The number of fused-ring (bicyclic) bond motifs is 1. The molecule has 1 aromatic heterocycles. The molecule has 0 atom stereocenters. The molecular formula is C19H19N3O3S. The molecule has 1 heterocycles. The third kappa shape index (κ3) is 3.39. The average Bonchev–Trinajstić information content (AvgIpc) is 2.69. The van der Waals surface area contributed by atoms with Crippen LogP contribution in [0.3, 0.4) is 0 Å². The van der Waals surface area contributed by atoms with E-state index >= 15 is 0 Å². The number of rotatable bonds is 6. The van der Waals surface area contributed by atoms with Crippen molar-refractivity contribution in [3.8, 4) is 11.5 Å². The molecule has 0 saturated carbocycles. The third-order valence-electron chi connectivity index (χ3n) is 3.96. The summed E-state index contributed by atoms with van der Waals surface area (Å²) in [7, 11) is 3.05. The van der Waals surface area contributed by atoms with E-state index in [-0.39, 0.29) is 5.56 Å². The maximum Gasteiger partial charge on any atom is 0.280 e. The molecular weight excluding hydrogens is 350 g/mol. The van der Waals surface area contributed by atoms with E-state index in [1.54, 1.807) is 18.2 Å². The van der Waals surface area contributed by atoms with Crippen molar-refractivity contribution in [2.75, 3.05) is 20.1 Å². The normalized spacial score (nSPS) is 10.7. The van der Waals surface area contributed by atoms with Crippen LogP contribution < -0.4 is 20.9 Å². The Morgan fingerprint density at radius 2 is 1.85 bits per heavy atom. The standard InChI is InChI=1S/C19H19N3O3S/c1-4-12-5-7-13(8-6-12)11-26-19-21-15-10-17(25-3)16(24-2)9-14(15)18(23)22(19)20/h4-10H,1,11,20H2,2-3H3. The van der Waals surface area contributed by atoms with Gasteiger partial charge in [0, 0.05) is 11.8 Å². The summed E-state index contributed by atoms with van der Waals surface area (Å²) in [6, 6.07) is 11.3. The fourth-order valence-electron chi connectivity index (χ4n) is 2.51. The zero-order valence-corrected chi connectivity index (χ0v) is 15.4. The fraction of sp³-hybridized carbons (Fsp3) is 0.158. The molecule has 0 saturated heterocycles. The summed E-state index contributed by atoms with van der Waals surface area (Å²) in [4.78, 5) is 17.1. The van der Waals surface area contributed by atoms with Crippen LogP contribution in [0.25, 0.3) is 17.0 Å². The van der Waals surface area contributed by atoms with Crippen LogP contribution in [0.4, 0.5) is 0 Å². The van der Waals surface area contributed by atoms with Crippen LogP contribution in [-0.2, 0) is 5.75 Å². The van der Waals surface area contributed by atoms with Crippen molar-refractivity contribution in [3.05, 3.63) is 64.5 Å². The van der Waals surface area contributed by atoms with Crippen molar-refractivity contribution < 1.29 is 9.47 Å². The first-order valence-electron chi connectivity index (χ1n) is 7.85. The second-order valence-electron chi connectivity index (χ2n) is 5.53. The number of nitrogens with zero attached hydrogens (tertiary/aromatic N) is 2. The molecule has 0 spiro atoms. The van der Waals surface area contributed by atoms with Crippen LogP contribution in [0, 0.1) is 0 Å². The second-order valence-corrected chi connectivity index (χ2v) is 6.47. The summed E-state index contributed by atoms with van der Waals surface area (Å²) in [6.45, 7) is 3.74. The Labute approximate surface area is 155 Å². The molecule has 3 aromatic rings. The highest BCUT2D eigenvalue weighted by atomic mass is 32.2. The van der Waals surface area contributed by atoms with E-state index < -0.39 is 0 Å². The molecule has 26 heavy (non-hydrogen) atoms. The predicted octanol–water partition coefficient (Wildman–Crippen LogP) is 3.06. The minimum Gasteiger partial charge on any atom is -0.493 e. The largest absolute Gasteiger partial charge is 0.493 e. The van der Waals surface area contributed by atoms with E-state index in [1.165, 1.54) is 26.0 Å². The van der Waals surface area contributed by atoms with Crippen LogP contribution in [-0.4, -0.2) is 23.9 Å². The van der Waals surface area contributed by atoms with Crippen molar-refractivity contribution in [3.63, 3.8) is 0 Å². The summed E-state index contributed by atoms with van der Waals surface area (Å²) >= 11 is 1.39. The lowest BCUT2D eigenvalue weighted by Gasteiger charge is -2.11. The maximum absolute atomic E-state index is 12.6. The quantitative estimate of drug-likeness (QED) is 0.409. The number of benzene rings is 2. The monoisotopic (exact) mass is 369 g/mol. The second kappa shape index (κ2) is 7.53. The van der Waals surface area contributed by atoms with Crippen molar-refractivity contribution in [2.45, 2.75) is 10.9 Å². The summed E-state index contributed by atoms with van der Waals surface area (Å²) in [5.41, 5.74) is 2.33. The van der Waals surface area contributed by atoms with E-state index in [0.717, 1.165) is 15.8 Å². The van der Waals surface area contributed by atoms with Crippen molar-refractivity contribution >= 4 is 28.7 Å². The Morgan fingerprint density at radius 3 is 2.46 bits per heavy atom. The Bertz CT molecular complexity index is 1010. The molecule has 0 bridgehead atoms. The minimum atomic E-state index is -0.333. The summed E-state index contributed by atoms with van der Waals surface area (Å²) in [5, 5.41) is 0.812. The van der Waals surface area contributed by atoms with Gasteiger partial charge in [0.15, 0.2) is 16.7 Å². The van der Waals surface area contributed by atoms with Crippen LogP contribution in [0.1, 0.15) is 11.1 Å². The van der Waals surface area contributed by atoms with E-state index in [1.807, 2.05) is 24.3 Å². The number of nitrogen functional groups attached to an aromatic ring is 1. The van der Waals surface area contributed by atoms with Crippen LogP contribution >= 0.6 is 11.8 Å². The van der Waals surface area contributed by atoms with Gasteiger partial charge in [0.05, 0.1) is 25.1 Å². The number of ether oxygens (including phenoxy) is 2. The van der Waals surface area contributed by atoms with Gasteiger partial charge in [0.25, 0.3) is 5.56 Å². The zero-order chi connectivity index (χ0) is 18.7. The Balaban J connectivity index is 1.96. The number of hydrogen-bond acceptors (Lipinski definition) is 6. The lowest BCUT2D eigenvalue weighted by atomic mass is 10.1. The van der Waals surface area contributed by atoms with E-state index in [9.17, 15) is 4.79 Å². The summed E-state index contributed by atoms with van der Waals surface area (Å²) < 4.78 is 11.6. The molecule has 0 radical (unpaired) electrons. The smallest absolute Gasteiger partial charge is 0.280 e. The van der Waals surface area contributed by atoms with E-state index in [0.29, 0.717) is 33.3 Å². The number of nitrogens with two attached hydrogens (primary N) is 1. The Kier molecular flexibility index (Phi) is 5.18. The highest BCUT2D eigenvalue weighted by Crippen LogP contribution is 2.31. The summed E-state index contributed by atoms with van der Waals surface area (Å²) in [5.74, 6) is 7.57. The topological polar surface area (TPSA) is 79.4 Å². The first-order valence-corrected chi connectivity index (χ1v) is 8.84. The molecule has 0 unspecified atom stereocenters. The highest BCUT2D eigenvalue weighted by molar-refractivity contribution is 7.98. The van der Waals surface area contributed by atoms with Gasteiger partial charge in [-0.2, -0.15) is 0 Å². The van der Waals surface area contributed by atoms with Crippen molar-refractivity contribution in [1.29, 1.82) is 0 Å². The number of methoxy groups -OCH3 is 2. The first-order chi connectivity index (χ1) is 12.6. The van der Waals surface area contributed by atoms with Gasteiger partial charge in [-0.3, -0.25) is 4.79 Å². The molecule has 0 aliphatic carbocycles. The van der Waals surface area contributed by atoms with Crippen molar-refractivity contribution in [2.24, 2.45) is 0 Å². The SMILES string of the molecule is C=Cc1ccc(CSc2nc3cc(OC)c(OC)cc3c(=O)n2N)cc1. The summed E-state index contributed by atoms with van der Waals surface area (Å²) in [6.07, 6.45) is 1.79. The van der Waals surface area contributed by atoms with Crippen LogP contribution in [0.2, 0.25) is 0 Å². The Hall–Kier alpha value is -2.93. The van der Waals surface area contributed by atoms with Gasteiger partial charge in [-0.1, -0.05) is 48.7 Å². The number of thioether (sulfide) groups is 1. The molecule has 3 rings (SSSR count). The van der Waals surface area contributed by atoms with Crippen molar-refractivity contribution in [1.82, 2.24) is 9.66 Å². The molecule has 2 N–H and O–H groups in total. The van der Waals surface area contributed by atoms with Gasteiger partial charge in [-0.15, -0.1) is 0 Å². The van der Waals surface area contributed by atoms with Gasteiger partial charge in [-0.25, -0.2) is 9.66 Å². The molecule has 6 nitrogen and oxygen atoms in total. The van der Waals surface area contributed by atoms with Gasteiger partial charge in [-0.05, 0) is 17.2 Å². The molecule has 0 amide bonds. The fourth-order valence-corrected chi connectivity index (χ4v) is 3.38. The van der Waals surface area contributed by atoms with Gasteiger partial charge in [0.2, 0.25) is 0 Å². The average molecular weight is 369 g/mol. The first kappa shape index (κ1) is 17.9. The zero-order valence-electron chi connectivity index (χ0n) is 14.6. The Morgan fingerprint density at radius 1 is 1.19 bits per heavy atom. The molecule has 2 aromatic carbocycles. The molecule has 134 valence electrons. The predicted molar refractivity (Wildman–Crippen MR) is 105 cm³/mol. The molecule has 0 aliphatic rings. The molecule has 0 fully saturated rings. The van der Waals surface area contributed by atoms with Crippen LogP contribution in [0.15, 0.2) is 52.9 Å². The minimum absolute atomic E-state index is 0.333. The van der Waals surface area contributed by atoms with E-state index in [4.69, 9.17) is 15.3 Å². The lowest BCUT2D eigenvalue weighted by molar-refractivity contribution is 0.355. The third-order valence-corrected chi connectivity index (χ3v) is 4.98. The highest BCUT2D eigenvalue weighted by Gasteiger charge is 2.14. The lowest BCUT2D eigenvalue weighted by Crippen LogP contribution is -2.29. The number of hydrogen-bond donors (Lipinski definition) is 1.